The number of carbonyl (C=O) groups is 1. The Labute approximate surface area is 232 Å². The molecule has 0 saturated heterocycles. The number of hydrogen-bond donors (Lipinski definition) is 2. The van der Waals surface area contributed by atoms with E-state index in [-0.39, 0.29) is 22.8 Å². The average molecular weight is 595 g/mol. The lowest BCUT2D eigenvalue weighted by Crippen LogP contribution is -2.19. The lowest BCUT2D eigenvalue weighted by Gasteiger charge is -2.11. The number of halogens is 4. The van der Waals surface area contributed by atoms with Gasteiger partial charge in [-0.25, -0.2) is 28.2 Å². The highest BCUT2D eigenvalue weighted by atomic mass is 32.2. The molecule has 2 heterocycles. The summed E-state index contributed by atoms with van der Waals surface area (Å²) in [5.74, 6) is -1.57. The number of aromatic carboxylic acids is 1. The van der Waals surface area contributed by atoms with Crippen LogP contribution in [0.25, 0.3) is 16.4 Å². The Morgan fingerprint density at radius 1 is 1.23 bits per heavy atom. The van der Waals surface area contributed by atoms with Crippen LogP contribution < -0.4 is 9.88 Å². The van der Waals surface area contributed by atoms with E-state index in [0.717, 1.165) is 29.9 Å². The topological polar surface area (TPSA) is 120 Å². The number of carboxylic acid groups (broad SMARTS) is 1. The molecule has 0 amide bonds. The van der Waals surface area contributed by atoms with E-state index in [1.165, 1.54) is 29.6 Å². The van der Waals surface area contributed by atoms with E-state index < -0.39 is 35.6 Å². The molecule has 210 valence electrons. The van der Waals surface area contributed by atoms with Crippen LogP contribution in [0.4, 0.5) is 17.6 Å². The van der Waals surface area contributed by atoms with Gasteiger partial charge in [0.2, 0.25) is 5.13 Å². The fraction of sp³-hybridized carbons (Fsp3) is 0.269. The minimum Gasteiger partial charge on any atom is -0.484 e. The number of carboxylic acids is 1. The summed E-state index contributed by atoms with van der Waals surface area (Å²) in [5.41, 5.74) is 2.66. The van der Waals surface area contributed by atoms with Gasteiger partial charge in [0.15, 0.2) is 12.3 Å². The molecule has 4 aromatic rings. The normalized spacial score (nSPS) is 14.3. The molecular weight excluding hydrogens is 572 g/mol. The maximum absolute atomic E-state index is 14.7. The van der Waals surface area contributed by atoms with Crippen molar-refractivity contribution in [2.24, 2.45) is 11.1 Å². The molecule has 1 aliphatic carbocycles. The van der Waals surface area contributed by atoms with E-state index in [2.05, 4.69) is 4.98 Å². The van der Waals surface area contributed by atoms with Gasteiger partial charge < -0.3 is 9.84 Å². The number of alkyl halides is 3. The fourth-order valence-electron chi connectivity index (χ4n) is 4.25. The lowest BCUT2D eigenvalue weighted by molar-refractivity contribution is -0.153. The van der Waals surface area contributed by atoms with Crippen molar-refractivity contribution in [3.8, 4) is 22.1 Å². The molecule has 0 spiro atoms. The Morgan fingerprint density at radius 3 is 2.62 bits per heavy atom. The molecule has 0 aliphatic heterocycles. The number of hydrogen-bond acceptors (Lipinski definition) is 6. The maximum atomic E-state index is 14.7. The van der Waals surface area contributed by atoms with Gasteiger partial charge >= 0.3 is 12.1 Å². The summed E-state index contributed by atoms with van der Waals surface area (Å²) >= 11 is 1.09. The summed E-state index contributed by atoms with van der Waals surface area (Å²) in [6.07, 6.45) is -1.77. The second kappa shape index (κ2) is 11.1. The van der Waals surface area contributed by atoms with Crippen molar-refractivity contribution >= 4 is 28.3 Å². The molecule has 3 N–H and O–H groups in total. The maximum Gasteiger partial charge on any atom is 0.422 e. The molecule has 8 nitrogen and oxygen atoms in total. The number of nitrogens with two attached hydrogens (primary N) is 1. The smallest absolute Gasteiger partial charge is 0.422 e. The summed E-state index contributed by atoms with van der Waals surface area (Å²) in [4.78, 5) is 15.5. The third kappa shape index (κ3) is 6.40. The summed E-state index contributed by atoms with van der Waals surface area (Å²) < 4.78 is 71.1. The second-order valence-electron chi connectivity index (χ2n) is 9.32. The van der Waals surface area contributed by atoms with Gasteiger partial charge in [0.25, 0.3) is 0 Å². The van der Waals surface area contributed by atoms with Crippen LogP contribution in [-0.4, -0.2) is 42.8 Å². The van der Waals surface area contributed by atoms with Crippen molar-refractivity contribution in [1.82, 2.24) is 14.8 Å². The van der Waals surface area contributed by atoms with Crippen LogP contribution in [0.3, 0.4) is 0 Å². The van der Waals surface area contributed by atoms with Gasteiger partial charge in [-0.05, 0) is 55.0 Å². The Morgan fingerprint density at radius 2 is 2.00 bits per heavy atom. The highest BCUT2D eigenvalue weighted by Gasteiger charge is 2.30. The SMILES string of the molecule is NS(=O)c1ccc(Cc2c(-c3cccc(OCC(F)(F)F)c3)nn(-c3nc(C(=O)O)cs3)c2CC2CC2)cc1F. The predicted molar refractivity (Wildman–Crippen MR) is 139 cm³/mol. The summed E-state index contributed by atoms with van der Waals surface area (Å²) in [6.45, 7) is -1.46. The van der Waals surface area contributed by atoms with Crippen LogP contribution in [0.1, 0.15) is 40.2 Å². The van der Waals surface area contributed by atoms with Crippen LogP contribution in [0.5, 0.6) is 5.75 Å². The van der Waals surface area contributed by atoms with Gasteiger partial charge in [-0.1, -0.05) is 18.2 Å². The largest absolute Gasteiger partial charge is 0.484 e. The molecule has 1 unspecified atom stereocenters. The van der Waals surface area contributed by atoms with E-state index in [9.17, 15) is 31.7 Å². The first kappa shape index (κ1) is 27.9. The van der Waals surface area contributed by atoms with Crippen molar-refractivity contribution in [2.45, 2.75) is 36.8 Å². The molecule has 40 heavy (non-hydrogen) atoms. The van der Waals surface area contributed by atoms with Crippen LogP contribution in [-0.2, 0) is 23.8 Å². The standard InChI is InChI=1S/C26H22F4N4O4S2/c27-19-9-15(6-7-22(19)40(31)37)8-18-21(10-14-4-5-14)34(25-32-20(12-39-25)24(35)36)33-23(18)16-2-1-3-17(11-16)38-13-26(28,29)30/h1-3,6-7,9,11-12,14H,4-5,8,10,13,31H2,(H,35,36). The van der Waals surface area contributed by atoms with Crippen LogP contribution in [0.2, 0.25) is 0 Å². The third-order valence-electron chi connectivity index (χ3n) is 6.27. The highest BCUT2D eigenvalue weighted by Crippen LogP contribution is 2.38. The number of benzene rings is 2. The number of ether oxygens (including phenoxy) is 1. The Bertz CT molecular complexity index is 1600. The van der Waals surface area contributed by atoms with Gasteiger partial charge in [0.05, 0.1) is 16.3 Å². The average Bonchev–Trinajstić information content (AvgIpc) is 3.44. The van der Waals surface area contributed by atoms with E-state index in [0.29, 0.717) is 39.9 Å². The van der Waals surface area contributed by atoms with E-state index >= 15 is 0 Å². The molecule has 0 radical (unpaired) electrons. The number of nitrogens with zero attached hydrogens (tertiary/aromatic N) is 3. The van der Waals surface area contributed by atoms with Crippen molar-refractivity contribution in [2.75, 3.05) is 6.61 Å². The Hall–Kier alpha value is -3.62. The summed E-state index contributed by atoms with van der Waals surface area (Å²) in [7, 11) is -2.01. The first-order valence-electron chi connectivity index (χ1n) is 12.0. The Balaban J connectivity index is 1.64. The van der Waals surface area contributed by atoms with Gasteiger partial charge in [0, 0.05) is 22.9 Å². The van der Waals surface area contributed by atoms with Gasteiger partial charge in [-0.15, -0.1) is 11.3 Å². The second-order valence-corrected chi connectivity index (χ2v) is 11.2. The van der Waals surface area contributed by atoms with Crippen molar-refractivity contribution in [3.05, 3.63) is 76.2 Å². The van der Waals surface area contributed by atoms with Crippen molar-refractivity contribution in [1.29, 1.82) is 0 Å². The third-order valence-corrected chi connectivity index (χ3v) is 7.85. The van der Waals surface area contributed by atoms with Gasteiger partial charge in [-0.2, -0.15) is 18.3 Å². The van der Waals surface area contributed by atoms with Gasteiger partial charge in [0.1, 0.15) is 22.6 Å². The number of rotatable bonds is 10. The van der Waals surface area contributed by atoms with Crippen LogP contribution in [0.15, 0.2) is 52.7 Å². The molecule has 14 heteroatoms. The summed E-state index contributed by atoms with van der Waals surface area (Å²) in [5, 5.41) is 21.2. The minimum atomic E-state index is -4.52. The molecule has 2 aromatic carbocycles. The first-order valence-corrected chi connectivity index (χ1v) is 14.1. The number of aromatic nitrogens is 3. The van der Waals surface area contributed by atoms with Crippen LogP contribution >= 0.6 is 11.3 Å². The zero-order valence-corrected chi connectivity index (χ0v) is 22.3. The highest BCUT2D eigenvalue weighted by molar-refractivity contribution is 7.82. The Kier molecular flexibility index (Phi) is 7.75. The molecular formula is C26H22F4N4O4S2. The monoisotopic (exact) mass is 594 g/mol. The zero-order valence-electron chi connectivity index (χ0n) is 20.7. The first-order chi connectivity index (χ1) is 19.0. The molecule has 1 aliphatic rings. The fourth-order valence-corrected chi connectivity index (χ4v) is 5.47. The minimum absolute atomic E-state index is 0.0118. The van der Waals surface area contributed by atoms with Crippen molar-refractivity contribution < 1.29 is 36.4 Å². The molecule has 5 rings (SSSR count). The molecule has 1 fully saturated rings. The lowest BCUT2D eigenvalue weighted by atomic mass is 9.97. The molecule has 1 saturated carbocycles. The van der Waals surface area contributed by atoms with E-state index in [4.69, 9.17) is 15.0 Å². The quantitative estimate of drug-likeness (QED) is 0.241. The predicted octanol–water partition coefficient (Wildman–Crippen LogP) is 5.30. The van der Waals surface area contributed by atoms with Gasteiger partial charge in [-0.3, -0.25) is 0 Å². The number of thiazole rings is 1. The van der Waals surface area contributed by atoms with Crippen molar-refractivity contribution in [3.63, 3.8) is 0 Å². The summed E-state index contributed by atoms with van der Waals surface area (Å²) in [6, 6.07) is 10.2. The molecule has 2 aromatic heterocycles. The molecule has 0 bridgehead atoms. The molecule has 1 atom stereocenters. The van der Waals surface area contributed by atoms with E-state index in [1.807, 2.05) is 0 Å². The zero-order chi connectivity index (χ0) is 28.6. The van der Waals surface area contributed by atoms with Crippen LogP contribution in [0, 0.1) is 11.7 Å². The van der Waals surface area contributed by atoms with E-state index in [1.54, 1.807) is 22.9 Å².